The Hall–Kier alpha value is -1.16. The number of carboxylic acids is 1. The molecule has 86 valence electrons. The second-order valence-corrected chi connectivity index (χ2v) is 4.89. The summed E-state index contributed by atoms with van der Waals surface area (Å²) < 4.78 is 0. The number of hydrogen-bond acceptors (Lipinski definition) is 3. The SMILES string of the molecule is CC(Cc1cnc(Cl)cn1)(C(=O)O)C1CC1. The lowest BCUT2D eigenvalue weighted by molar-refractivity contribution is -0.149. The number of aromatic nitrogens is 2. The summed E-state index contributed by atoms with van der Waals surface area (Å²) >= 11 is 5.63. The number of nitrogens with zero attached hydrogens (tertiary/aromatic N) is 2. The zero-order chi connectivity index (χ0) is 11.8. The summed E-state index contributed by atoms with van der Waals surface area (Å²) in [4.78, 5) is 19.3. The molecule has 1 aromatic rings. The van der Waals surface area contributed by atoms with Gasteiger partial charge in [-0.1, -0.05) is 11.6 Å². The van der Waals surface area contributed by atoms with Crippen LogP contribution in [0.5, 0.6) is 0 Å². The van der Waals surface area contributed by atoms with Crippen LogP contribution >= 0.6 is 11.6 Å². The first-order valence-corrected chi connectivity index (χ1v) is 5.60. The molecule has 1 heterocycles. The summed E-state index contributed by atoms with van der Waals surface area (Å²) in [5, 5.41) is 9.61. The molecule has 1 saturated carbocycles. The van der Waals surface area contributed by atoms with Crippen LogP contribution in [-0.4, -0.2) is 21.0 Å². The Kier molecular flexibility index (Phi) is 2.84. The lowest BCUT2D eigenvalue weighted by Gasteiger charge is -2.23. The van der Waals surface area contributed by atoms with E-state index in [1.54, 1.807) is 13.1 Å². The van der Waals surface area contributed by atoms with Crippen LogP contribution in [0.25, 0.3) is 0 Å². The lowest BCUT2D eigenvalue weighted by atomic mass is 9.80. The maximum absolute atomic E-state index is 11.3. The molecule has 0 aliphatic heterocycles. The van der Waals surface area contributed by atoms with Crippen LogP contribution in [-0.2, 0) is 11.2 Å². The van der Waals surface area contributed by atoms with E-state index in [1.807, 2.05) is 0 Å². The molecule has 16 heavy (non-hydrogen) atoms. The van der Waals surface area contributed by atoms with E-state index in [2.05, 4.69) is 9.97 Å². The van der Waals surface area contributed by atoms with Crippen LogP contribution in [0.4, 0.5) is 0 Å². The molecule has 1 N–H and O–H groups in total. The Morgan fingerprint density at radius 1 is 1.56 bits per heavy atom. The van der Waals surface area contributed by atoms with Crippen LogP contribution < -0.4 is 0 Å². The third-order valence-corrected chi connectivity index (χ3v) is 3.38. The number of halogens is 1. The van der Waals surface area contributed by atoms with Crippen molar-refractivity contribution in [3.05, 3.63) is 23.2 Å². The molecule has 0 saturated heterocycles. The van der Waals surface area contributed by atoms with Crippen molar-refractivity contribution in [3.8, 4) is 0 Å². The van der Waals surface area contributed by atoms with Crippen LogP contribution in [0, 0.1) is 11.3 Å². The van der Waals surface area contributed by atoms with Gasteiger partial charge < -0.3 is 5.11 Å². The Morgan fingerprint density at radius 3 is 2.69 bits per heavy atom. The predicted octanol–water partition coefficient (Wildman–Crippen LogP) is 2.17. The first kappa shape index (κ1) is 11.3. The summed E-state index contributed by atoms with van der Waals surface area (Å²) in [6, 6.07) is 0. The van der Waals surface area contributed by atoms with Gasteiger partial charge in [-0.15, -0.1) is 0 Å². The highest BCUT2D eigenvalue weighted by Crippen LogP contribution is 2.47. The third kappa shape index (κ3) is 2.16. The van der Waals surface area contributed by atoms with Crippen LogP contribution in [0.1, 0.15) is 25.5 Å². The molecule has 5 heteroatoms. The molecule has 4 nitrogen and oxygen atoms in total. The van der Waals surface area contributed by atoms with Gasteiger partial charge in [0, 0.05) is 6.42 Å². The van der Waals surface area contributed by atoms with Gasteiger partial charge in [0.2, 0.25) is 0 Å². The van der Waals surface area contributed by atoms with E-state index in [0.29, 0.717) is 17.3 Å². The highest BCUT2D eigenvalue weighted by Gasteiger charge is 2.47. The van der Waals surface area contributed by atoms with Gasteiger partial charge in [-0.2, -0.15) is 0 Å². The predicted molar refractivity (Wildman–Crippen MR) is 59.2 cm³/mol. The van der Waals surface area contributed by atoms with Gasteiger partial charge in [0.25, 0.3) is 0 Å². The molecular formula is C11H13ClN2O2. The maximum Gasteiger partial charge on any atom is 0.310 e. The summed E-state index contributed by atoms with van der Waals surface area (Å²) in [7, 11) is 0. The van der Waals surface area contributed by atoms with Crippen molar-refractivity contribution in [2.45, 2.75) is 26.2 Å². The minimum Gasteiger partial charge on any atom is -0.481 e. The fourth-order valence-electron chi connectivity index (χ4n) is 1.92. The van der Waals surface area contributed by atoms with Gasteiger partial charge in [-0.25, -0.2) is 4.98 Å². The van der Waals surface area contributed by atoms with Gasteiger partial charge in [-0.3, -0.25) is 9.78 Å². The minimum absolute atomic E-state index is 0.266. The van der Waals surface area contributed by atoms with E-state index < -0.39 is 11.4 Å². The fourth-order valence-corrected chi connectivity index (χ4v) is 2.02. The van der Waals surface area contributed by atoms with Crippen molar-refractivity contribution in [2.75, 3.05) is 0 Å². The molecule has 0 radical (unpaired) electrons. The van der Waals surface area contributed by atoms with E-state index in [4.69, 9.17) is 11.6 Å². The van der Waals surface area contributed by atoms with Crippen molar-refractivity contribution >= 4 is 17.6 Å². The average Bonchev–Trinajstić information content (AvgIpc) is 3.04. The van der Waals surface area contributed by atoms with Crippen molar-refractivity contribution in [1.82, 2.24) is 9.97 Å². The number of aliphatic carboxylic acids is 1. The van der Waals surface area contributed by atoms with E-state index in [1.165, 1.54) is 6.20 Å². The molecule has 1 aliphatic carbocycles. The summed E-state index contributed by atoms with van der Waals surface area (Å²) in [5.74, 6) is -0.491. The molecule has 2 rings (SSSR count). The molecule has 1 aromatic heterocycles. The molecule has 1 atom stereocenters. The Bertz CT molecular complexity index is 403. The fraction of sp³-hybridized carbons (Fsp3) is 0.545. The normalized spacial score (nSPS) is 19.1. The molecule has 0 aromatic carbocycles. The Labute approximate surface area is 98.7 Å². The van der Waals surface area contributed by atoms with E-state index >= 15 is 0 Å². The van der Waals surface area contributed by atoms with E-state index in [-0.39, 0.29) is 5.92 Å². The quantitative estimate of drug-likeness (QED) is 0.876. The Morgan fingerprint density at radius 2 is 2.25 bits per heavy atom. The van der Waals surface area contributed by atoms with Crippen molar-refractivity contribution in [3.63, 3.8) is 0 Å². The molecule has 1 unspecified atom stereocenters. The highest BCUT2D eigenvalue weighted by molar-refractivity contribution is 6.29. The van der Waals surface area contributed by atoms with Gasteiger partial charge in [-0.05, 0) is 25.7 Å². The maximum atomic E-state index is 11.3. The van der Waals surface area contributed by atoms with Crippen molar-refractivity contribution < 1.29 is 9.90 Å². The van der Waals surface area contributed by atoms with Gasteiger partial charge >= 0.3 is 5.97 Å². The summed E-state index contributed by atoms with van der Waals surface area (Å²) in [6.45, 7) is 1.78. The first-order chi connectivity index (χ1) is 7.52. The zero-order valence-electron chi connectivity index (χ0n) is 8.98. The average molecular weight is 241 g/mol. The standard InChI is InChI=1S/C11H13ClN2O2/c1-11(10(15)16,7-2-3-7)4-8-5-14-9(12)6-13-8/h5-7H,2-4H2,1H3,(H,15,16). The minimum atomic E-state index is -0.758. The van der Waals surface area contributed by atoms with Gasteiger partial charge in [0.15, 0.2) is 0 Å². The van der Waals surface area contributed by atoms with Crippen LogP contribution in [0.2, 0.25) is 5.15 Å². The van der Waals surface area contributed by atoms with E-state index in [9.17, 15) is 9.90 Å². The Balaban J connectivity index is 2.17. The highest BCUT2D eigenvalue weighted by atomic mass is 35.5. The zero-order valence-corrected chi connectivity index (χ0v) is 9.74. The molecule has 0 spiro atoms. The molecule has 0 amide bonds. The first-order valence-electron chi connectivity index (χ1n) is 5.22. The molecular weight excluding hydrogens is 228 g/mol. The number of hydrogen-bond donors (Lipinski definition) is 1. The number of rotatable bonds is 4. The second-order valence-electron chi connectivity index (χ2n) is 4.50. The van der Waals surface area contributed by atoms with E-state index in [0.717, 1.165) is 12.8 Å². The number of carboxylic acid groups (broad SMARTS) is 1. The molecule has 1 fully saturated rings. The van der Waals surface area contributed by atoms with Crippen LogP contribution in [0.3, 0.4) is 0 Å². The van der Waals surface area contributed by atoms with Crippen LogP contribution in [0.15, 0.2) is 12.4 Å². The van der Waals surface area contributed by atoms with Gasteiger partial charge in [0.1, 0.15) is 5.15 Å². The largest absolute Gasteiger partial charge is 0.481 e. The van der Waals surface area contributed by atoms with Crippen molar-refractivity contribution in [2.24, 2.45) is 11.3 Å². The second kappa shape index (κ2) is 4.01. The topological polar surface area (TPSA) is 63.1 Å². The van der Waals surface area contributed by atoms with Crippen molar-refractivity contribution in [1.29, 1.82) is 0 Å². The monoisotopic (exact) mass is 240 g/mol. The summed E-state index contributed by atoms with van der Waals surface area (Å²) in [6.07, 6.45) is 5.39. The summed E-state index contributed by atoms with van der Waals surface area (Å²) in [5.41, 5.74) is -0.0381. The number of carbonyl (C=O) groups is 1. The lowest BCUT2D eigenvalue weighted by Crippen LogP contribution is -2.32. The molecule has 0 bridgehead atoms. The third-order valence-electron chi connectivity index (χ3n) is 3.19. The van der Waals surface area contributed by atoms with Gasteiger partial charge in [0.05, 0.1) is 23.5 Å². The smallest absolute Gasteiger partial charge is 0.310 e. The molecule has 1 aliphatic rings.